The van der Waals surface area contributed by atoms with Gasteiger partial charge in [-0.3, -0.25) is 4.79 Å². The number of carbonyl (C=O) groups excluding carboxylic acids is 1. The van der Waals surface area contributed by atoms with Gasteiger partial charge in [0.25, 0.3) is 0 Å². The molecule has 3 heteroatoms. The molecule has 2 nitrogen and oxygen atoms in total. The van der Waals surface area contributed by atoms with Crippen molar-refractivity contribution in [2.75, 3.05) is 0 Å². The number of carbonyl (C=O) groups is 1. The molecule has 0 aromatic heterocycles. The molecule has 2 aromatic rings. The Morgan fingerprint density at radius 3 is 2.58 bits per heavy atom. The summed E-state index contributed by atoms with van der Waals surface area (Å²) in [6.07, 6.45) is 1.17. The van der Waals surface area contributed by atoms with E-state index in [1.807, 2.05) is 30.3 Å². The Morgan fingerprint density at radius 2 is 1.89 bits per heavy atom. The topological polar surface area (TPSA) is 40.9 Å². The predicted molar refractivity (Wildman–Crippen MR) is 78.0 cm³/mol. The molecule has 0 fully saturated rings. The maximum atomic E-state index is 12.0. The maximum absolute atomic E-state index is 12.0. The van der Waals surface area contributed by atoms with Crippen molar-refractivity contribution < 1.29 is 4.79 Å². The van der Waals surface area contributed by atoms with Crippen LogP contribution in [0.1, 0.15) is 27.9 Å². The van der Waals surface area contributed by atoms with Gasteiger partial charge in [0, 0.05) is 16.5 Å². The van der Waals surface area contributed by atoms with Crippen LogP contribution in [0.3, 0.4) is 0 Å². The second kappa shape index (κ2) is 6.31. The van der Waals surface area contributed by atoms with Crippen molar-refractivity contribution in [3.63, 3.8) is 0 Å². The lowest BCUT2D eigenvalue weighted by atomic mass is 10.0. The van der Waals surface area contributed by atoms with E-state index in [0.29, 0.717) is 24.0 Å². The molecule has 0 aliphatic carbocycles. The molecule has 0 atom stereocenters. The first-order valence-corrected chi connectivity index (χ1v) is 6.76. The molecule has 0 saturated carbocycles. The summed E-state index contributed by atoms with van der Waals surface area (Å²) < 4.78 is 1.03. The second-order valence-corrected chi connectivity index (χ2v) is 5.16. The lowest BCUT2D eigenvalue weighted by Gasteiger charge is -2.02. The van der Waals surface area contributed by atoms with Crippen LogP contribution in [-0.4, -0.2) is 5.78 Å². The predicted octanol–water partition coefficient (Wildman–Crippen LogP) is 4.14. The van der Waals surface area contributed by atoms with Crippen LogP contribution in [0, 0.1) is 11.3 Å². The number of halogens is 1. The maximum Gasteiger partial charge on any atom is 0.163 e. The fourth-order valence-electron chi connectivity index (χ4n) is 1.82. The summed E-state index contributed by atoms with van der Waals surface area (Å²) in [4.78, 5) is 12.0. The summed E-state index contributed by atoms with van der Waals surface area (Å²) in [5.74, 6) is 0.0695. The van der Waals surface area contributed by atoms with Crippen molar-refractivity contribution in [3.8, 4) is 6.07 Å². The highest BCUT2D eigenvalue weighted by Crippen LogP contribution is 2.14. The van der Waals surface area contributed by atoms with Crippen LogP contribution in [0.5, 0.6) is 0 Å². The number of ketones is 1. The Kier molecular flexibility index (Phi) is 4.48. The number of nitrogens with zero attached hydrogens (tertiary/aromatic N) is 1. The number of hydrogen-bond donors (Lipinski definition) is 0. The van der Waals surface area contributed by atoms with Gasteiger partial charge in [-0.05, 0) is 36.2 Å². The van der Waals surface area contributed by atoms with E-state index in [-0.39, 0.29) is 5.78 Å². The summed E-state index contributed by atoms with van der Waals surface area (Å²) in [7, 11) is 0. The minimum absolute atomic E-state index is 0.0695. The van der Waals surface area contributed by atoms with Crippen LogP contribution in [-0.2, 0) is 6.42 Å². The van der Waals surface area contributed by atoms with Crippen molar-refractivity contribution in [3.05, 3.63) is 69.7 Å². The molecule has 0 spiro atoms. The standard InChI is InChI=1S/C16H12BrNO/c17-15-7-4-12(5-8-15)6-9-16(19)14-3-1-2-13(10-14)11-18/h1-5,7-8,10H,6,9H2. The molecule has 0 amide bonds. The van der Waals surface area contributed by atoms with Gasteiger partial charge >= 0.3 is 0 Å². The molecule has 0 aliphatic rings. The largest absolute Gasteiger partial charge is 0.294 e. The molecule has 0 heterocycles. The van der Waals surface area contributed by atoms with E-state index in [1.54, 1.807) is 24.3 Å². The molecular formula is C16H12BrNO. The van der Waals surface area contributed by atoms with Gasteiger partial charge in [-0.25, -0.2) is 0 Å². The molecule has 19 heavy (non-hydrogen) atoms. The van der Waals surface area contributed by atoms with Gasteiger partial charge < -0.3 is 0 Å². The lowest BCUT2D eigenvalue weighted by molar-refractivity contribution is 0.0983. The van der Waals surface area contributed by atoms with E-state index in [4.69, 9.17) is 5.26 Å². The molecule has 94 valence electrons. The van der Waals surface area contributed by atoms with Gasteiger partial charge in [0.2, 0.25) is 0 Å². The molecule has 0 aliphatic heterocycles. The fraction of sp³-hybridized carbons (Fsp3) is 0.125. The summed E-state index contributed by atoms with van der Waals surface area (Å²) >= 11 is 3.38. The van der Waals surface area contributed by atoms with E-state index in [1.165, 1.54) is 0 Å². The van der Waals surface area contributed by atoms with Gasteiger partial charge in [0.1, 0.15) is 0 Å². The van der Waals surface area contributed by atoms with Crippen LogP contribution in [0.15, 0.2) is 53.0 Å². The highest BCUT2D eigenvalue weighted by atomic mass is 79.9. The number of hydrogen-bond acceptors (Lipinski definition) is 2. The van der Waals surface area contributed by atoms with Crippen molar-refractivity contribution >= 4 is 21.7 Å². The molecule has 0 saturated heterocycles. The van der Waals surface area contributed by atoms with E-state index >= 15 is 0 Å². The highest BCUT2D eigenvalue weighted by Gasteiger charge is 2.06. The second-order valence-electron chi connectivity index (χ2n) is 4.24. The Bertz CT molecular complexity index is 626. The van der Waals surface area contributed by atoms with Crippen molar-refractivity contribution in [2.24, 2.45) is 0 Å². The SMILES string of the molecule is N#Cc1cccc(C(=O)CCc2ccc(Br)cc2)c1. The average Bonchev–Trinajstić information content (AvgIpc) is 2.46. The fourth-order valence-corrected chi connectivity index (χ4v) is 2.08. The normalized spacial score (nSPS) is 9.89. The van der Waals surface area contributed by atoms with E-state index in [2.05, 4.69) is 15.9 Å². The average molecular weight is 314 g/mol. The van der Waals surface area contributed by atoms with Gasteiger partial charge in [-0.15, -0.1) is 0 Å². The number of benzene rings is 2. The third kappa shape index (κ3) is 3.77. The van der Waals surface area contributed by atoms with E-state index in [9.17, 15) is 4.79 Å². The van der Waals surface area contributed by atoms with Crippen LogP contribution in [0.25, 0.3) is 0 Å². The number of nitriles is 1. The molecule has 0 unspecified atom stereocenters. The molecule has 0 bridgehead atoms. The number of rotatable bonds is 4. The Hall–Kier alpha value is -1.92. The van der Waals surface area contributed by atoms with Gasteiger partial charge in [0.15, 0.2) is 5.78 Å². The number of Topliss-reactive ketones (excluding diaryl/α,β-unsaturated/α-hetero) is 1. The lowest BCUT2D eigenvalue weighted by Crippen LogP contribution is -2.01. The van der Waals surface area contributed by atoms with Gasteiger partial charge in [0.05, 0.1) is 11.6 Å². The third-order valence-electron chi connectivity index (χ3n) is 2.87. The van der Waals surface area contributed by atoms with Crippen LogP contribution in [0.4, 0.5) is 0 Å². The summed E-state index contributed by atoms with van der Waals surface area (Å²) in [6.45, 7) is 0. The van der Waals surface area contributed by atoms with Crippen LogP contribution >= 0.6 is 15.9 Å². The van der Waals surface area contributed by atoms with Crippen LogP contribution < -0.4 is 0 Å². The summed E-state index contributed by atoms with van der Waals surface area (Å²) in [5.41, 5.74) is 2.26. The third-order valence-corrected chi connectivity index (χ3v) is 3.40. The van der Waals surface area contributed by atoms with Gasteiger partial charge in [-0.2, -0.15) is 5.26 Å². The molecule has 2 rings (SSSR count). The Labute approximate surface area is 120 Å². The first-order chi connectivity index (χ1) is 9.19. The summed E-state index contributed by atoms with van der Waals surface area (Å²) in [6, 6.07) is 16.8. The zero-order valence-electron chi connectivity index (χ0n) is 10.3. The highest BCUT2D eigenvalue weighted by molar-refractivity contribution is 9.10. The Morgan fingerprint density at radius 1 is 1.16 bits per heavy atom. The van der Waals surface area contributed by atoms with Crippen molar-refractivity contribution in [2.45, 2.75) is 12.8 Å². The van der Waals surface area contributed by atoms with Gasteiger partial charge in [-0.1, -0.05) is 40.2 Å². The van der Waals surface area contributed by atoms with E-state index < -0.39 is 0 Å². The van der Waals surface area contributed by atoms with Crippen LogP contribution in [0.2, 0.25) is 0 Å². The molecule has 0 N–H and O–H groups in total. The Balaban J connectivity index is 2.01. The minimum Gasteiger partial charge on any atom is -0.294 e. The van der Waals surface area contributed by atoms with Crippen molar-refractivity contribution in [1.29, 1.82) is 5.26 Å². The monoisotopic (exact) mass is 313 g/mol. The zero-order valence-corrected chi connectivity index (χ0v) is 11.9. The number of aryl methyl sites for hydroxylation is 1. The molecule has 0 radical (unpaired) electrons. The smallest absolute Gasteiger partial charge is 0.163 e. The van der Waals surface area contributed by atoms with Crippen molar-refractivity contribution in [1.82, 2.24) is 0 Å². The van der Waals surface area contributed by atoms with E-state index in [0.717, 1.165) is 10.0 Å². The minimum atomic E-state index is 0.0695. The quantitative estimate of drug-likeness (QED) is 0.796. The first-order valence-electron chi connectivity index (χ1n) is 5.97. The summed E-state index contributed by atoms with van der Waals surface area (Å²) in [5, 5.41) is 8.81. The molecular weight excluding hydrogens is 302 g/mol. The molecule has 2 aromatic carbocycles. The first kappa shape index (κ1) is 13.5. The zero-order chi connectivity index (χ0) is 13.7.